The molecule has 29 heavy (non-hydrogen) atoms. The maximum absolute atomic E-state index is 10.9. The van der Waals surface area contributed by atoms with Gasteiger partial charge in [0.15, 0.2) is 22.8 Å². The van der Waals surface area contributed by atoms with Gasteiger partial charge in [0.25, 0.3) is 5.69 Å². The average molecular weight is 396 g/mol. The number of morpholine rings is 1. The molecule has 3 heterocycles. The van der Waals surface area contributed by atoms with E-state index < -0.39 is 10.5 Å². The maximum atomic E-state index is 10.9. The van der Waals surface area contributed by atoms with Crippen LogP contribution in [0.3, 0.4) is 0 Å². The normalized spacial score (nSPS) is 18.6. The van der Waals surface area contributed by atoms with Gasteiger partial charge in [-0.1, -0.05) is 0 Å². The number of nitro benzene ring substituents is 1. The van der Waals surface area contributed by atoms with Crippen LogP contribution in [0.15, 0.2) is 24.3 Å². The first-order valence-electron chi connectivity index (χ1n) is 9.62. The quantitative estimate of drug-likeness (QED) is 0.507. The first-order valence-corrected chi connectivity index (χ1v) is 9.62. The summed E-state index contributed by atoms with van der Waals surface area (Å²) >= 11 is 0. The van der Waals surface area contributed by atoms with Crippen LogP contribution in [0.4, 0.5) is 11.5 Å². The van der Waals surface area contributed by atoms with E-state index in [1.165, 1.54) is 12.1 Å². The number of anilines is 1. The third-order valence-electron chi connectivity index (χ3n) is 5.59. The Labute approximate surface area is 165 Å². The van der Waals surface area contributed by atoms with Crippen molar-refractivity contribution in [2.45, 2.75) is 24.9 Å². The Balaban J connectivity index is 1.63. The van der Waals surface area contributed by atoms with Gasteiger partial charge < -0.3 is 19.7 Å². The lowest BCUT2D eigenvalue weighted by atomic mass is 9.80. The fourth-order valence-electron chi connectivity index (χ4n) is 3.71. The van der Waals surface area contributed by atoms with E-state index in [0.29, 0.717) is 73.3 Å². The summed E-state index contributed by atoms with van der Waals surface area (Å²) in [5.41, 5.74) is 0.916. The van der Waals surface area contributed by atoms with Crippen LogP contribution >= 0.6 is 0 Å². The van der Waals surface area contributed by atoms with Crippen molar-refractivity contribution in [3.63, 3.8) is 0 Å². The van der Waals surface area contributed by atoms with Gasteiger partial charge in [0, 0.05) is 30.8 Å². The Morgan fingerprint density at radius 2 is 1.86 bits per heavy atom. The van der Waals surface area contributed by atoms with Gasteiger partial charge in [0.05, 0.1) is 18.1 Å². The summed E-state index contributed by atoms with van der Waals surface area (Å²) < 4.78 is 5.45. The number of rotatable bonds is 4. The number of nitrogens with one attached hydrogen (secondary N) is 1. The molecule has 2 aliphatic rings. The second-order valence-electron chi connectivity index (χ2n) is 7.44. The number of aromatic amines is 1. The largest absolute Gasteiger partial charge is 0.382 e. The highest BCUT2D eigenvalue weighted by Gasteiger charge is 2.39. The number of nitro groups is 1. The third kappa shape index (κ3) is 3.10. The maximum Gasteiger partial charge on any atom is 0.269 e. The average Bonchev–Trinajstić information content (AvgIpc) is 3.16. The van der Waals surface area contributed by atoms with Gasteiger partial charge in [-0.3, -0.25) is 10.1 Å². The van der Waals surface area contributed by atoms with Crippen LogP contribution in [0, 0.1) is 10.1 Å². The fraction of sp³-hybridized carbons (Fsp3) is 0.421. The first-order chi connectivity index (χ1) is 14.0. The zero-order valence-electron chi connectivity index (χ0n) is 15.7. The van der Waals surface area contributed by atoms with Crippen LogP contribution in [0.2, 0.25) is 0 Å². The molecular formula is C19H20N6O4. The van der Waals surface area contributed by atoms with Gasteiger partial charge in [0.1, 0.15) is 11.4 Å². The molecule has 0 bridgehead atoms. The van der Waals surface area contributed by atoms with Gasteiger partial charge in [-0.15, -0.1) is 0 Å². The van der Waals surface area contributed by atoms with Crippen molar-refractivity contribution in [3.8, 4) is 11.4 Å². The standard InChI is InChI=1S/C19H20N6O4/c26-19(6-1-7-19)18-20-14-16(23-18)21-15(12-2-4-13(5-3-12)25(27)28)22-17(14)24-8-10-29-11-9-24/h2-5,26H,1,6-11H2,(H,20,21,22,23). The van der Waals surface area contributed by atoms with E-state index >= 15 is 0 Å². The van der Waals surface area contributed by atoms with E-state index in [0.717, 1.165) is 6.42 Å². The number of ether oxygens (including phenoxy) is 1. The molecule has 0 radical (unpaired) electrons. The van der Waals surface area contributed by atoms with Crippen molar-refractivity contribution in [1.82, 2.24) is 19.9 Å². The van der Waals surface area contributed by atoms with E-state index in [1.54, 1.807) is 12.1 Å². The predicted molar refractivity (Wildman–Crippen MR) is 105 cm³/mol. The molecule has 0 amide bonds. The molecule has 0 unspecified atom stereocenters. The Morgan fingerprint density at radius 1 is 1.14 bits per heavy atom. The van der Waals surface area contributed by atoms with Crippen LogP contribution in [-0.4, -0.2) is 56.3 Å². The number of nitrogens with zero attached hydrogens (tertiary/aromatic N) is 5. The Bertz CT molecular complexity index is 1070. The fourth-order valence-corrected chi connectivity index (χ4v) is 3.71. The zero-order valence-corrected chi connectivity index (χ0v) is 15.7. The molecule has 10 nitrogen and oxygen atoms in total. The van der Waals surface area contributed by atoms with Gasteiger partial charge in [-0.2, -0.15) is 0 Å². The number of imidazole rings is 1. The van der Waals surface area contributed by atoms with Crippen molar-refractivity contribution in [3.05, 3.63) is 40.2 Å². The summed E-state index contributed by atoms with van der Waals surface area (Å²) in [6.45, 7) is 2.55. The first kappa shape index (κ1) is 18.0. The molecule has 2 aromatic heterocycles. The van der Waals surface area contributed by atoms with E-state index in [-0.39, 0.29) is 5.69 Å². The smallest absolute Gasteiger partial charge is 0.269 e. The Morgan fingerprint density at radius 3 is 2.48 bits per heavy atom. The van der Waals surface area contributed by atoms with Crippen molar-refractivity contribution < 1.29 is 14.8 Å². The molecule has 2 N–H and O–H groups in total. The summed E-state index contributed by atoms with van der Waals surface area (Å²) in [4.78, 5) is 29.8. The Kier molecular flexibility index (Phi) is 4.18. The topological polar surface area (TPSA) is 130 Å². The number of benzene rings is 1. The number of fused-ring (bicyclic) bond motifs is 1. The van der Waals surface area contributed by atoms with Crippen molar-refractivity contribution in [2.75, 3.05) is 31.2 Å². The molecule has 3 aromatic rings. The molecule has 150 valence electrons. The molecule has 1 saturated heterocycles. The molecule has 5 rings (SSSR count). The molecule has 0 atom stereocenters. The second-order valence-corrected chi connectivity index (χ2v) is 7.44. The highest BCUT2D eigenvalue weighted by atomic mass is 16.6. The van der Waals surface area contributed by atoms with Gasteiger partial charge in [-0.25, -0.2) is 15.0 Å². The number of non-ortho nitro benzene ring substituents is 1. The Hall–Kier alpha value is -3.11. The minimum Gasteiger partial charge on any atom is -0.382 e. The summed E-state index contributed by atoms with van der Waals surface area (Å²) in [7, 11) is 0. The molecule has 2 fully saturated rings. The van der Waals surface area contributed by atoms with Crippen LogP contribution < -0.4 is 4.90 Å². The molecule has 1 aliphatic heterocycles. The van der Waals surface area contributed by atoms with E-state index in [9.17, 15) is 15.2 Å². The van der Waals surface area contributed by atoms with Crippen molar-refractivity contribution >= 4 is 22.7 Å². The molecule has 1 aliphatic carbocycles. The van der Waals surface area contributed by atoms with Crippen LogP contribution in [-0.2, 0) is 10.3 Å². The van der Waals surface area contributed by atoms with Gasteiger partial charge in [0.2, 0.25) is 0 Å². The third-order valence-corrected chi connectivity index (χ3v) is 5.59. The monoisotopic (exact) mass is 396 g/mol. The van der Waals surface area contributed by atoms with E-state index in [1.807, 2.05) is 0 Å². The van der Waals surface area contributed by atoms with Gasteiger partial charge >= 0.3 is 0 Å². The van der Waals surface area contributed by atoms with Crippen molar-refractivity contribution in [1.29, 1.82) is 0 Å². The lowest BCUT2D eigenvalue weighted by Gasteiger charge is -2.34. The minimum absolute atomic E-state index is 0.0132. The number of H-pyrrole nitrogens is 1. The molecule has 0 spiro atoms. The number of hydrogen-bond acceptors (Lipinski definition) is 8. The highest BCUT2D eigenvalue weighted by Crippen LogP contribution is 2.41. The van der Waals surface area contributed by atoms with Crippen LogP contribution in [0.5, 0.6) is 0 Å². The predicted octanol–water partition coefficient (Wildman–Crippen LogP) is 2.14. The molecule has 1 aromatic carbocycles. The summed E-state index contributed by atoms with van der Waals surface area (Å²) in [5.74, 6) is 1.64. The number of aliphatic hydroxyl groups is 1. The van der Waals surface area contributed by atoms with Crippen LogP contribution in [0.25, 0.3) is 22.6 Å². The lowest BCUT2D eigenvalue weighted by Crippen LogP contribution is -2.37. The molecule has 1 saturated carbocycles. The summed E-state index contributed by atoms with van der Waals surface area (Å²) in [5, 5.41) is 21.6. The molecule has 10 heteroatoms. The summed E-state index contributed by atoms with van der Waals surface area (Å²) in [6, 6.07) is 6.15. The van der Waals surface area contributed by atoms with Gasteiger partial charge in [-0.05, 0) is 31.4 Å². The number of aromatic nitrogens is 4. The SMILES string of the molecule is O=[N+]([O-])c1ccc(-c2nc(N3CCOCC3)c3nc(C4(O)CCC4)[nH]c3n2)cc1. The minimum atomic E-state index is -0.934. The van der Waals surface area contributed by atoms with E-state index in [2.05, 4.69) is 19.9 Å². The summed E-state index contributed by atoms with van der Waals surface area (Å²) in [6.07, 6.45) is 2.30. The second kappa shape index (κ2) is 6.75. The highest BCUT2D eigenvalue weighted by molar-refractivity contribution is 5.86. The van der Waals surface area contributed by atoms with E-state index in [4.69, 9.17) is 9.72 Å². The lowest BCUT2D eigenvalue weighted by molar-refractivity contribution is -0.384. The molecular weight excluding hydrogens is 376 g/mol. The zero-order chi connectivity index (χ0) is 20.0. The number of hydrogen-bond donors (Lipinski definition) is 2. The van der Waals surface area contributed by atoms with Crippen LogP contribution in [0.1, 0.15) is 25.1 Å². The van der Waals surface area contributed by atoms with Crippen molar-refractivity contribution in [2.24, 2.45) is 0 Å².